The first kappa shape index (κ1) is 30.3. The number of amides is 4. The highest BCUT2D eigenvalue weighted by molar-refractivity contribution is 6.03. The Hall–Kier alpha value is -4.12. The molecule has 43 heavy (non-hydrogen) atoms. The molecule has 2 aromatic rings. The van der Waals surface area contributed by atoms with E-state index in [2.05, 4.69) is 22.1 Å². The quantitative estimate of drug-likeness (QED) is 0.402. The summed E-state index contributed by atoms with van der Waals surface area (Å²) in [6, 6.07) is 11.3. The Morgan fingerprint density at radius 1 is 1.05 bits per heavy atom. The summed E-state index contributed by atoms with van der Waals surface area (Å²) in [5.41, 5.74) is -0.0404. The monoisotopic (exact) mass is 595 g/mol. The summed E-state index contributed by atoms with van der Waals surface area (Å²) in [4.78, 5) is 46.1. The predicted molar refractivity (Wildman–Crippen MR) is 156 cm³/mol. The van der Waals surface area contributed by atoms with Crippen LogP contribution in [0.2, 0.25) is 0 Å². The van der Waals surface area contributed by atoms with Crippen molar-refractivity contribution in [2.45, 2.75) is 43.9 Å². The van der Waals surface area contributed by atoms with Crippen LogP contribution in [0.4, 0.5) is 18.0 Å². The maximum Gasteiger partial charge on any atom is 0.416 e. The van der Waals surface area contributed by atoms with Crippen LogP contribution >= 0.6 is 0 Å². The standard InChI is InChI=1S/C32H36F3N5O3/c1-2-16-39-26-21-40(30(42)27(26)28(37-31(39)43)23-13-7-8-14-24(23)32(33,34)35)25(20-22-11-5-3-6-12-22)29(41)36-15-19-38-17-9-4-10-18-38/h2-3,5-8,11-14,25,28H,1,4,9-10,15-21H2,(H,36,41)(H,37,43)/t25-,28-/m1/s1. The van der Waals surface area contributed by atoms with Crippen molar-refractivity contribution in [1.82, 2.24) is 25.3 Å². The molecule has 2 N–H and O–H groups in total. The zero-order valence-electron chi connectivity index (χ0n) is 23.9. The Morgan fingerprint density at radius 3 is 2.44 bits per heavy atom. The van der Waals surface area contributed by atoms with Gasteiger partial charge in [-0.3, -0.25) is 14.5 Å². The number of benzene rings is 2. The Balaban J connectivity index is 1.47. The number of likely N-dealkylation sites (tertiary alicyclic amines) is 1. The van der Waals surface area contributed by atoms with Crippen LogP contribution in [-0.4, -0.2) is 77.9 Å². The summed E-state index contributed by atoms with van der Waals surface area (Å²) < 4.78 is 42.1. The minimum Gasteiger partial charge on any atom is -0.353 e. The fourth-order valence-corrected chi connectivity index (χ4v) is 6.15. The SMILES string of the molecule is C=CCN1C(=O)N[C@H](c2ccccc2C(F)(F)F)C2=C1CN([C@H](Cc1ccccc1)C(=O)NCCN1CCCCC1)C2=O. The van der Waals surface area contributed by atoms with Crippen molar-refractivity contribution in [2.24, 2.45) is 0 Å². The normalized spacial score (nSPS) is 20.1. The van der Waals surface area contributed by atoms with Crippen molar-refractivity contribution in [3.05, 3.63) is 95.2 Å². The van der Waals surface area contributed by atoms with E-state index < -0.39 is 35.8 Å². The molecule has 5 rings (SSSR count). The number of carbonyl (C=O) groups excluding carboxylic acids is 3. The second kappa shape index (κ2) is 13.0. The minimum atomic E-state index is -4.70. The van der Waals surface area contributed by atoms with E-state index in [1.165, 1.54) is 40.5 Å². The van der Waals surface area contributed by atoms with Crippen molar-refractivity contribution in [2.75, 3.05) is 39.3 Å². The third kappa shape index (κ3) is 6.61. The van der Waals surface area contributed by atoms with Gasteiger partial charge in [0.1, 0.15) is 6.04 Å². The third-order valence-corrected chi connectivity index (χ3v) is 8.27. The van der Waals surface area contributed by atoms with E-state index in [9.17, 15) is 27.6 Å². The molecule has 11 heteroatoms. The number of hydrogen-bond donors (Lipinski definition) is 2. The minimum absolute atomic E-state index is 0.0253. The molecule has 0 aromatic heterocycles. The molecule has 228 valence electrons. The lowest BCUT2D eigenvalue weighted by Crippen LogP contribution is -2.51. The first-order valence-corrected chi connectivity index (χ1v) is 14.6. The molecule has 0 spiro atoms. The number of carbonyl (C=O) groups is 3. The average molecular weight is 596 g/mol. The van der Waals surface area contributed by atoms with Gasteiger partial charge in [0.25, 0.3) is 5.91 Å². The number of hydrogen-bond acceptors (Lipinski definition) is 4. The van der Waals surface area contributed by atoms with E-state index in [0.29, 0.717) is 13.1 Å². The second-order valence-corrected chi connectivity index (χ2v) is 11.1. The number of piperidine rings is 1. The van der Waals surface area contributed by atoms with E-state index in [4.69, 9.17) is 0 Å². The Bertz CT molecular complexity index is 1390. The van der Waals surface area contributed by atoms with Crippen LogP contribution in [0.1, 0.15) is 42.0 Å². The fraction of sp³-hybridized carbons (Fsp3) is 0.406. The van der Waals surface area contributed by atoms with Crippen LogP contribution in [0.3, 0.4) is 0 Å². The predicted octanol–water partition coefficient (Wildman–Crippen LogP) is 4.27. The molecule has 0 saturated carbocycles. The van der Waals surface area contributed by atoms with Gasteiger partial charge in [-0.25, -0.2) is 4.79 Å². The molecule has 3 aliphatic heterocycles. The summed E-state index contributed by atoms with van der Waals surface area (Å²) in [6.07, 6.45) is 0.426. The topological polar surface area (TPSA) is 85.0 Å². The molecule has 0 unspecified atom stereocenters. The molecule has 3 aliphatic rings. The molecule has 1 saturated heterocycles. The molecule has 4 amide bonds. The largest absolute Gasteiger partial charge is 0.416 e. The Labute approximate surface area is 249 Å². The second-order valence-electron chi connectivity index (χ2n) is 11.1. The van der Waals surface area contributed by atoms with Gasteiger partial charge in [0, 0.05) is 26.1 Å². The van der Waals surface area contributed by atoms with E-state index >= 15 is 0 Å². The van der Waals surface area contributed by atoms with Crippen LogP contribution in [-0.2, 0) is 22.2 Å². The van der Waals surface area contributed by atoms with Gasteiger partial charge >= 0.3 is 12.2 Å². The van der Waals surface area contributed by atoms with E-state index in [1.807, 2.05) is 30.3 Å². The van der Waals surface area contributed by atoms with Crippen molar-refractivity contribution in [3.63, 3.8) is 0 Å². The first-order chi connectivity index (χ1) is 20.7. The van der Waals surface area contributed by atoms with Crippen LogP contribution in [0, 0.1) is 0 Å². The zero-order valence-corrected chi connectivity index (χ0v) is 23.9. The van der Waals surface area contributed by atoms with Crippen LogP contribution in [0.25, 0.3) is 0 Å². The van der Waals surface area contributed by atoms with Gasteiger partial charge in [0.05, 0.1) is 29.4 Å². The summed E-state index contributed by atoms with van der Waals surface area (Å²) >= 11 is 0. The number of rotatable bonds is 10. The number of urea groups is 1. The van der Waals surface area contributed by atoms with Crippen LogP contribution in [0.15, 0.2) is 78.5 Å². The first-order valence-electron chi connectivity index (χ1n) is 14.6. The highest BCUT2D eigenvalue weighted by Crippen LogP contribution is 2.42. The maximum atomic E-state index is 14.2. The molecule has 0 aliphatic carbocycles. The van der Waals surface area contributed by atoms with Gasteiger partial charge in [-0.15, -0.1) is 6.58 Å². The molecule has 2 aromatic carbocycles. The van der Waals surface area contributed by atoms with E-state index in [1.54, 1.807) is 0 Å². The maximum absolute atomic E-state index is 14.2. The summed E-state index contributed by atoms with van der Waals surface area (Å²) in [7, 11) is 0. The summed E-state index contributed by atoms with van der Waals surface area (Å²) in [6.45, 7) is 6.69. The van der Waals surface area contributed by atoms with Gasteiger partial charge in [-0.05, 0) is 43.1 Å². The van der Waals surface area contributed by atoms with E-state index in [-0.39, 0.29) is 42.3 Å². The van der Waals surface area contributed by atoms with Crippen molar-refractivity contribution in [1.29, 1.82) is 0 Å². The average Bonchev–Trinajstić information content (AvgIpc) is 3.34. The van der Waals surface area contributed by atoms with Crippen molar-refractivity contribution < 1.29 is 27.6 Å². The molecule has 0 bridgehead atoms. The zero-order chi connectivity index (χ0) is 30.6. The van der Waals surface area contributed by atoms with Crippen LogP contribution < -0.4 is 10.6 Å². The van der Waals surface area contributed by atoms with Gasteiger partial charge < -0.3 is 20.4 Å². The van der Waals surface area contributed by atoms with Gasteiger partial charge in [-0.1, -0.05) is 61.0 Å². The van der Waals surface area contributed by atoms with Gasteiger partial charge in [0.2, 0.25) is 5.91 Å². The van der Waals surface area contributed by atoms with Gasteiger partial charge in [-0.2, -0.15) is 13.2 Å². The van der Waals surface area contributed by atoms with E-state index in [0.717, 1.165) is 37.6 Å². The molecular weight excluding hydrogens is 559 g/mol. The smallest absolute Gasteiger partial charge is 0.353 e. The lowest BCUT2D eigenvalue weighted by molar-refractivity contribution is -0.138. The summed E-state index contributed by atoms with van der Waals surface area (Å²) in [5.74, 6) is -0.936. The highest BCUT2D eigenvalue weighted by Gasteiger charge is 2.48. The Kier molecular flexibility index (Phi) is 9.19. The number of nitrogens with one attached hydrogen (secondary N) is 2. The number of halogens is 3. The highest BCUT2D eigenvalue weighted by atomic mass is 19.4. The Morgan fingerprint density at radius 2 is 1.74 bits per heavy atom. The summed E-state index contributed by atoms with van der Waals surface area (Å²) in [5, 5.41) is 5.61. The molecular formula is C32H36F3N5O3. The number of alkyl halides is 3. The molecule has 2 atom stereocenters. The molecule has 1 fully saturated rings. The lowest BCUT2D eigenvalue weighted by Gasteiger charge is -2.33. The molecule has 0 radical (unpaired) electrons. The fourth-order valence-electron chi connectivity index (χ4n) is 6.15. The van der Waals surface area contributed by atoms with Gasteiger partial charge in [0.15, 0.2) is 0 Å². The molecule has 8 nitrogen and oxygen atoms in total. The molecule has 3 heterocycles. The lowest BCUT2D eigenvalue weighted by atomic mass is 9.91. The van der Waals surface area contributed by atoms with Crippen LogP contribution in [0.5, 0.6) is 0 Å². The van der Waals surface area contributed by atoms with Crippen molar-refractivity contribution in [3.8, 4) is 0 Å². The number of nitrogens with zero attached hydrogens (tertiary/aromatic N) is 3. The van der Waals surface area contributed by atoms with Crippen molar-refractivity contribution >= 4 is 17.8 Å². The third-order valence-electron chi connectivity index (χ3n) is 8.27.